The number of esters is 1. The van der Waals surface area contributed by atoms with Crippen molar-refractivity contribution >= 4 is 17.8 Å². The van der Waals surface area contributed by atoms with Gasteiger partial charge in [0, 0.05) is 18.3 Å². The van der Waals surface area contributed by atoms with Crippen LogP contribution in [0.1, 0.15) is 65.1 Å². The highest BCUT2D eigenvalue weighted by molar-refractivity contribution is 5.98. The van der Waals surface area contributed by atoms with Gasteiger partial charge in [-0.3, -0.25) is 9.78 Å². The van der Waals surface area contributed by atoms with Crippen LogP contribution in [0, 0.1) is 0 Å². The highest BCUT2D eigenvalue weighted by Crippen LogP contribution is 2.28. The van der Waals surface area contributed by atoms with Crippen molar-refractivity contribution in [1.29, 1.82) is 0 Å². The van der Waals surface area contributed by atoms with Crippen LogP contribution < -0.4 is 4.74 Å². The van der Waals surface area contributed by atoms with Gasteiger partial charge in [-0.1, -0.05) is 47.6 Å². The van der Waals surface area contributed by atoms with Crippen molar-refractivity contribution in [3.63, 3.8) is 0 Å². The molecule has 0 saturated heterocycles. The van der Waals surface area contributed by atoms with Crippen LogP contribution in [0.15, 0.2) is 78.1 Å². The van der Waals surface area contributed by atoms with Crippen molar-refractivity contribution in [2.45, 2.75) is 59.6 Å². The molecule has 0 aliphatic carbocycles. The first-order valence-corrected chi connectivity index (χ1v) is 14.2. The molecule has 0 N–H and O–H groups in total. The second kappa shape index (κ2) is 15.6. The van der Waals surface area contributed by atoms with Crippen molar-refractivity contribution in [1.82, 2.24) is 9.88 Å². The average molecular weight is 576 g/mol. The molecule has 9 heteroatoms. The lowest BCUT2D eigenvalue weighted by atomic mass is 10.0. The van der Waals surface area contributed by atoms with Crippen LogP contribution in [0.5, 0.6) is 5.75 Å². The third kappa shape index (κ3) is 9.90. The zero-order chi connectivity index (χ0) is 30.5. The molecule has 1 atom stereocenters. The molecule has 1 heterocycles. The molecule has 1 unspecified atom stereocenters. The third-order valence-electron chi connectivity index (χ3n) is 6.18. The van der Waals surface area contributed by atoms with Crippen molar-refractivity contribution in [3.8, 4) is 17.0 Å². The number of amides is 1. The van der Waals surface area contributed by atoms with E-state index >= 15 is 0 Å². The fourth-order valence-corrected chi connectivity index (χ4v) is 4.18. The maximum atomic E-state index is 12.9. The van der Waals surface area contributed by atoms with E-state index in [2.05, 4.69) is 10.1 Å². The van der Waals surface area contributed by atoms with E-state index in [0.29, 0.717) is 18.9 Å². The topological polar surface area (TPSA) is 99.5 Å². The first-order valence-electron chi connectivity index (χ1n) is 14.2. The zero-order valence-electron chi connectivity index (χ0n) is 25.3. The summed E-state index contributed by atoms with van der Waals surface area (Å²) in [6.45, 7) is 12.1. The first-order chi connectivity index (χ1) is 20.1. The Kier molecular flexibility index (Phi) is 11.9. The molecular weight excluding hydrogens is 534 g/mol. The van der Waals surface area contributed by atoms with Crippen LogP contribution in [0.2, 0.25) is 0 Å². The monoisotopic (exact) mass is 575 g/mol. The van der Waals surface area contributed by atoms with Crippen LogP contribution in [-0.2, 0) is 19.1 Å². The molecule has 0 bridgehead atoms. The molecule has 0 radical (unpaired) electrons. The number of hydrogen-bond donors (Lipinski definition) is 0. The number of rotatable bonds is 13. The molecule has 0 spiro atoms. The van der Waals surface area contributed by atoms with E-state index in [4.69, 9.17) is 19.0 Å². The van der Waals surface area contributed by atoms with Gasteiger partial charge in [-0.25, -0.2) is 4.79 Å². The van der Waals surface area contributed by atoms with Gasteiger partial charge in [0.15, 0.2) is 6.61 Å². The Labute approximate surface area is 248 Å². The number of carbonyl (C=O) groups excluding carboxylic acids is 2. The molecule has 9 nitrogen and oxygen atoms in total. The molecule has 42 heavy (non-hydrogen) atoms. The van der Waals surface area contributed by atoms with Crippen molar-refractivity contribution < 1.29 is 28.6 Å². The van der Waals surface area contributed by atoms with Gasteiger partial charge >= 0.3 is 12.1 Å². The lowest BCUT2D eigenvalue weighted by Crippen LogP contribution is -2.40. The molecular formula is C33H41N3O6. The van der Waals surface area contributed by atoms with E-state index in [9.17, 15) is 9.59 Å². The van der Waals surface area contributed by atoms with Gasteiger partial charge in [0.05, 0.1) is 30.5 Å². The largest absolute Gasteiger partial charge is 0.490 e. The first kappa shape index (κ1) is 32.1. The number of carbonyl (C=O) groups is 2. The van der Waals surface area contributed by atoms with Gasteiger partial charge < -0.3 is 23.9 Å². The summed E-state index contributed by atoms with van der Waals surface area (Å²) in [6, 6.07) is 20.5. The van der Waals surface area contributed by atoms with E-state index in [-0.39, 0.29) is 25.6 Å². The lowest BCUT2D eigenvalue weighted by molar-refractivity contribution is -0.144. The molecule has 3 rings (SSSR count). The van der Waals surface area contributed by atoms with Crippen molar-refractivity contribution in [2.75, 3.05) is 26.4 Å². The van der Waals surface area contributed by atoms with Gasteiger partial charge in [-0.15, -0.1) is 0 Å². The Morgan fingerprint density at radius 1 is 0.952 bits per heavy atom. The molecule has 2 aromatic carbocycles. The summed E-state index contributed by atoms with van der Waals surface area (Å²) in [7, 11) is 0. The fourth-order valence-electron chi connectivity index (χ4n) is 4.18. The standard InChI is InChI=1S/C33H41N3O6/c1-7-36(32(38)42-33(4,5)6)30(23-31(37)39-8-2)27-16-18-28(19-17-27)40-21-22-41-35-24(3)25-12-14-26(15-13-25)29-11-9-10-20-34-29/h9-20,30H,7-8,21-23H2,1-6H3. The third-order valence-corrected chi connectivity index (χ3v) is 6.18. The van der Waals surface area contributed by atoms with Gasteiger partial charge in [-0.05, 0) is 76.9 Å². The van der Waals surface area contributed by atoms with Crippen LogP contribution in [-0.4, -0.2) is 59.6 Å². The van der Waals surface area contributed by atoms with E-state index in [1.165, 1.54) is 4.90 Å². The summed E-state index contributed by atoms with van der Waals surface area (Å²) in [4.78, 5) is 36.7. The van der Waals surface area contributed by atoms with Gasteiger partial charge in [0.2, 0.25) is 0 Å². The minimum Gasteiger partial charge on any atom is -0.490 e. The van der Waals surface area contributed by atoms with Crippen LogP contribution >= 0.6 is 0 Å². The van der Waals surface area contributed by atoms with E-state index in [0.717, 1.165) is 28.1 Å². The predicted molar refractivity (Wildman–Crippen MR) is 162 cm³/mol. The van der Waals surface area contributed by atoms with Crippen LogP contribution in [0.25, 0.3) is 11.3 Å². The maximum absolute atomic E-state index is 12.9. The quantitative estimate of drug-likeness (QED) is 0.0954. The number of pyridine rings is 1. The summed E-state index contributed by atoms with van der Waals surface area (Å²) in [5.74, 6) is 0.241. The summed E-state index contributed by atoms with van der Waals surface area (Å²) in [5, 5.41) is 4.21. The Hall–Kier alpha value is -4.40. The average Bonchev–Trinajstić information content (AvgIpc) is 2.97. The normalized spacial score (nSPS) is 12.3. The Morgan fingerprint density at radius 2 is 1.67 bits per heavy atom. The fraction of sp³-hybridized carbons (Fsp3) is 0.394. The van der Waals surface area contributed by atoms with Gasteiger partial charge in [0.25, 0.3) is 0 Å². The van der Waals surface area contributed by atoms with Gasteiger partial charge in [0.1, 0.15) is 18.0 Å². The van der Waals surface area contributed by atoms with Crippen molar-refractivity contribution in [2.24, 2.45) is 5.16 Å². The minimum atomic E-state index is -0.661. The van der Waals surface area contributed by atoms with Crippen LogP contribution in [0.3, 0.4) is 0 Å². The number of ether oxygens (including phenoxy) is 3. The molecule has 224 valence electrons. The summed E-state index contributed by atoms with van der Waals surface area (Å²) in [6.07, 6.45) is 1.30. The highest BCUT2D eigenvalue weighted by atomic mass is 16.6. The van der Waals surface area contributed by atoms with Crippen molar-refractivity contribution in [3.05, 3.63) is 84.1 Å². The summed E-state index contributed by atoms with van der Waals surface area (Å²) >= 11 is 0. The van der Waals surface area contributed by atoms with Crippen LogP contribution in [0.4, 0.5) is 4.79 Å². The maximum Gasteiger partial charge on any atom is 0.410 e. The Bertz CT molecular complexity index is 1300. The predicted octanol–water partition coefficient (Wildman–Crippen LogP) is 6.82. The number of aromatic nitrogens is 1. The zero-order valence-corrected chi connectivity index (χ0v) is 25.3. The molecule has 1 amide bonds. The Balaban J connectivity index is 1.56. The number of oxime groups is 1. The highest BCUT2D eigenvalue weighted by Gasteiger charge is 2.30. The second-order valence-corrected chi connectivity index (χ2v) is 10.5. The second-order valence-electron chi connectivity index (χ2n) is 10.5. The lowest BCUT2D eigenvalue weighted by Gasteiger charge is -2.32. The number of hydrogen-bond acceptors (Lipinski definition) is 8. The molecule has 0 aliphatic heterocycles. The minimum absolute atomic E-state index is 0.0121. The van der Waals surface area contributed by atoms with E-state index in [1.807, 2.05) is 89.2 Å². The van der Waals surface area contributed by atoms with E-state index in [1.54, 1.807) is 25.3 Å². The SMILES string of the molecule is CCOC(=O)CC(c1ccc(OCCON=C(C)c2ccc(-c3ccccn3)cc2)cc1)N(CC)C(=O)OC(C)(C)C. The smallest absolute Gasteiger partial charge is 0.410 e. The van der Waals surface area contributed by atoms with E-state index < -0.39 is 17.7 Å². The summed E-state index contributed by atoms with van der Waals surface area (Å²) in [5.41, 5.74) is 3.77. The summed E-state index contributed by atoms with van der Waals surface area (Å²) < 4.78 is 16.6. The Morgan fingerprint density at radius 3 is 2.26 bits per heavy atom. The van der Waals surface area contributed by atoms with Gasteiger partial charge in [-0.2, -0.15) is 0 Å². The number of nitrogens with zero attached hydrogens (tertiary/aromatic N) is 3. The molecule has 0 saturated carbocycles. The molecule has 1 aromatic heterocycles. The number of benzene rings is 2. The molecule has 3 aromatic rings. The molecule has 0 fully saturated rings. The molecule has 0 aliphatic rings.